The van der Waals surface area contributed by atoms with E-state index in [1.165, 1.54) is 18.6 Å². The van der Waals surface area contributed by atoms with E-state index in [-0.39, 0.29) is 36.3 Å². The summed E-state index contributed by atoms with van der Waals surface area (Å²) >= 11 is 0. The van der Waals surface area contributed by atoms with Crippen molar-refractivity contribution >= 4 is 11.8 Å². The molecule has 2 aliphatic rings. The second kappa shape index (κ2) is 7.95. The molecule has 1 N–H and O–H groups in total. The summed E-state index contributed by atoms with van der Waals surface area (Å²) in [6, 6.07) is 6.58. The van der Waals surface area contributed by atoms with Gasteiger partial charge in [-0.3, -0.25) is 15.0 Å². The molecule has 1 aliphatic heterocycles. The van der Waals surface area contributed by atoms with Crippen molar-refractivity contribution in [3.63, 3.8) is 0 Å². The highest BCUT2D eigenvalue weighted by Gasteiger charge is 2.32. The van der Waals surface area contributed by atoms with Gasteiger partial charge in [0.15, 0.2) is 0 Å². The molecule has 0 unspecified atom stereocenters. The number of amides is 2. The average Bonchev–Trinajstić information content (AvgIpc) is 2.92. The Bertz CT molecular complexity index is 614. The zero-order valence-corrected chi connectivity index (χ0v) is 14.7. The van der Waals surface area contributed by atoms with Crippen molar-refractivity contribution in [3.05, 3.63) is 35.6 Å². The minimum Gasteiger partial charge on any atom is -0.334 e. The van der Waals surface area contributed by atoms with Gasteiger partial charge in [-0.25, -0.2) is 9.40 Å². The summed E-state index contributed by atoms with van der Waals surface area (Å²) in [5, 5.41) is 1.73. The zero-order valence-electron chi connectivity index (χ0n) is 14.7. The minimum absolute atomic E-state index is 0.0188. The minimum atomic E-state index is -0.270. The number of hydrogen-bond donors (Lipinski definition) is 1. The molecule has 0 spiro atoms. The van der Waals surface area contributed by atoms with Gasteiger partial charge in [-0.05, 0) is 37.5 Å². The van der Waals surface area contributed by atoms with Gasteiger partial charge in [0.2, 0.25) is 11.8 Å². The maximum atomic E-state index is 13.2. The Morgan fingerprint density at radius 3 is 2.52 bits per heavy atom. The third kappa shape index (κ3) is 4.57. The first kappa shape index (κ1) is 17.9. The Morgan fingerprint density at radius 2 is 1.92 bits per heavy atom. The molecule has 25 heavy (non-hydrogen) atoms. The van der Waals surface area contributed by atoms with E-state index in [9.17, 15) is 14.0 Å². The zero-order chi connectivity index (χ0) is 17.8. The number of carbonyl (C=O) groups is 2. The number of hydrazine groups is 1. The van der Waals surface area contributed by atoms with E-state index >= 15 is 0 Å². The molecule has 0 radical (unpaired) electrons. The van der Waals surface area contributed by atoms with Gasteiger partial charge in [0.1, 0.15) is 5.82 Å². The number of halogens is 1. The van der Waals surface area contributed by atoms with Gasteiger partial charge >= 0.3 is 0 Å². The first-order chi connectivity index (χ1) is 12.0. The molecule has 1 aliphatic carbocycles. The number of rotatable bonds is 5. The topological polar surface area (TPSA) is 52.7 Å². The van der Waals surface area contributed by atoms with E-state index in [4.69, 9.17) is 0 Å². The summed E-state index contributed by atoms with van der Waals surface area (Å²) in [6.07, 6.45) is 5.93. The van der Waals surface area contributed by atoms with Crippen LogP contribution in [0, 0.1) is 5.82 Å². The van der Waals surface area contributed by atoms with Gasteiger partial charge in [-0.1, -0.05) is 31.4 Å². The summed E-state index contributed by atoms with van der Waals surface area (Å²) in [6.45, 7) is 2.61. The summed E-state index contributed by atoms with van der Waals surface area (Å²) in [4.78, 5) is 26.4. The third-order valence-electron chi connectivity index (χ3n) is 5.19. The predicted octanol–water partition coefficient (Wildman–Crippen LogP) is 2.61. The van der Waals surface area contributed by atoms with Crippen molar-refractivity contribution in [2.24, 2.45) is 0 Å². The SMILES string of the molecule is C[C@H]1CC(=O)NN1CC(=O)N(Cc1ccc(F)cc1)C1CCCCC1. The average molecular weight is 347 g/mol. The first-order valence-corrected chi connectivity index (χ1v) is 9.13. The molecule has 0 aromatic heterocycles. The van der Waals surface area contributed by atoms with E-state index in [2.05, 4.69) is 5.43 Å². The molecular formula is C19H26FN3O2. The van der Waals surface area contributed by atoms with Crippen LogP contribution in [0.15, 0.2) is 24.3 Å². The lowest BCUT2D eigenvalue weighted by Gasteiger charge is -2.36. The highest BCUT2D eigenvalue weighted by molar-refractivity contribution is 5.82. The molecule has 136 valence electrons. The van der Waals surface area contributed by atoms with Crippen molar-refractivity contribution in [1.82, 2.24) is 15.3 Å². The van der Waals surface area contributed by atoms with E-state index in [0.717, 1.165) is 31.2 Å². The second-order valence-electron chi connectivity index (χ2n) is 7.16. The van der Waals surface area contributed by atoms with Gasteiger partial charge < -0.3 is 4.90 Å². The van der Waals surface area contributed by atoms with Crippen LogP contribution in [0.3, 0.4) is 0 Å². The largest absolute Gasteiger partial charge is 0.334 e. The van der Waals surface area contributed by atoms with Gasteiger partial charge in [-0.2, -0.15) is 0 Å². The van der Waals surface area contributed by atoms with Crippen LogP contribution in [0.1, 0.15) is 51.0 Å². The number of nitrogens with one attached hydrogen (secondary N) is 1. The highest BCUT2D eigenvalue weighted by Crippen LogP contribution is 2.25. The van der Waals surface area contributed by atoms with E-state index < -0.39 is 0 Å². The fourth-order valence-electron chi connectivity index (χ4n) is 3.73. The normalized spacial score (nSPS) is 22.0. The van der Waals surface area contributed by atoms with Gasteiger partial charge in [0.25, 0.3) is 0 Å². The summed E-state index contributed by atoms with van der Waals surface area (Å²) < 4.78 is 13.2. The molecule has 1 aromatic rings. The van der Waals surface area contributed by atoms with Crippen LogP contribution < -0.4 is 5.43 Å². The van der Waals surface area contributed by atoms with E-state index in [1.54, 1.807) is 17.1 Å². The van der Waals surface area contributed by atoms with Gasteiger partial charge in [-0.15, -0.1) is 0 Å². The van der Waals surface area contributed by atoms with E-state index in [1.807, 2.05) is 11.8 Å². The Labute approximate surface area is 148 Å². The van der Waals surface area contributed by atoms with E-state index in [0.29, 0.717) is 13.0 Å². The highest BCUT2D eigenvalue weighted by atomic mass is 19.1. The summed E-state index contributed by atoms with van der Waals surface area (Å²) in [7, 11) is 0. The second-order valence-corrected chi connectivity index (χ2v) is 7.16. The van der Waals surface area contributed by atoms with Crippen LogP contribution >= 0.6 is 0 Å². The van der Waals surface area contributed by atoms with Crippen LogP contribution in [0.25, 0.3) is 0 Å². The lowest BCUT2D eigenvalue weighted by Crippen LogP contribution is -2.49. The molecule has 1 aromatic carbocycles. The molecular weight excluding hydrogens is 321 g/mol. The Morgan fingerprint density at radius 1 is 1.24 bits per heavy atom. The molecule has 6 heteroatoms. The first-order valence-electron chi connectivity index (χ1n) is 9.13. The van der Waals surface area contributed by atoms with Crippen molar-refractivity contribution in [1.29, 1.82) is 0 Å². The quantitative estimate of drug-likeness (QED) is 0.891. The van der Waals surface area contributed by atoms with Crippen LogP contribution in [0.4, 0.5) is 4.39 Å². The van der Waals surface area contributed by atoms with Crippen LogP contribution in [0.2, 0.25) is 0 Å². The molecule has 1 heterocycles. The van der Waals surface area contributed by atoms with Crippen molar-refractivity contribution in [2.45, 2.75) is 64.1 Å². The monoisotopic (exact) mass is 347 g/mol. The Balaban J connectivity index is 1.71. The van der Waals surface area contributed by atoms with Gasteiger partial charge in [0, 0.05) is 25.0 Å². The maximum absolute atomic E-state index is 13.2. The molecule has 1 saturated carbocycles. The smallest absolute Gasteiger partial charge is 0.239 e. The summed E-state index contributed by atoms with van der Waals surface area (Å²) in [5.74, 6) is -0.291. The predicted molar refractivity (Wildman–Crippen MR) is 92.8 cm³/mol. The maximum Gasteiger partial charge on any atom is 0.239 e. The molecule has 1 atom stereocenters. The number of hydrogen-bond acceptors (Lipinski definition) is 3. The molecule has 2 amide bonds. The standard InChI is InChI=1S/C19H26FN3O2/c1-14-11-18(24)21-23(14)13-19(25)22(17-5-3-2-4-6-17)12-15-7-9-16(20)10-8-15/h7-10,14,17H,2-6,11-13H2,1H3,(H,21,24)/t14-/m0/s1. The Kier molecular flexibility index (Phi) is 5.68. The van der Waals surface area contributed by atoms with Crippen LogP contribution in [0.5, 0.6) is 0 Å². The fourth-order valence-corrected chi connectivity index (χ4v) is 3.73. The van der Waals surface area contributed by atoms with Gasteiger partial charge in [0.05, 0.1) is 6.54 Å². The lowest BCUT2D eigenvalue weighted by molar-refractivity contribution is -0.137. The Hall–Kier alpha value is -1.95. The lowest BCUT2D eigenvalue weighted by atomic mass is 9.93. The molecule has 5 nitrogen and oxygen atoms in total. The van der Waals surface area contributed by atoms with Crippen molar-refractivity contribution < 1.29 is 14.0 Å². The number of carbonyl (C=O) groups excluding carboxylic acids is 2. The summed E-state index contributed by atoms with van der Waals surface area (Å²) in [5.41, 5.74) is 3.69. The third-order valence-corrected chi connectivity index (χ3v) is 5.19. The molecule has 0 bridgehead atoms. The molecule has 3 rings (SSSR count). The van der Waals surface area contributed by atoms with Crippen LogP contribution in [-0.2, 0) is 16.1 Å². The fraction of sp³-hybridized carbons (Fsp3) is 0.579. The number of benzene rings is 1. The van der Waals surface area contributed by atoms with Crippen molar-refractivity contribution in [3.8, 4) is 0 Å². The van der Waals surface area contributed by atoms with Crippen LogP contribution in [-0.4, -0.2) is 40.4 Å². The van der Waals surface area contributed by atoms with Crippen molar-refractivity contribution in [2.75, 3.05) is 6.54 Å². The number of nitrogens with zero attached hydrogens (tertiary/aromatic N) is 2. The molecule has 2 fully saturated rings. The molecule has 1 saturated heterocycles.